The highest BCUT2D eigenvalue weighted by molar-refractivity contribution is 8.00. The van der Waals surface area contributed by atoms with E-state index in [0.717, 1.165) is 48.2 Å². The first kappa shape index (κ1) is 36.1. The molecule has 0 radical (unpaired) electrons. The van der Waals surface area contributed by atoms with E-state index >= 15 is 0 Å². The fourth-order valence-corrected chi connectivity index (χ4v) is 9.45. The van der Waals surface area contributed by atoms with Crippen LogP contribution >= 0.6 is 23.1 Å². The van der Waals surface area contributed by atoms with Gasteiger partial charge in [0.15, 0.2) is 10.8 Å². The van der Waals surface area contributed by atoms with Gasteiger partial charge in [0, 0.05) is 53.1 Å². The summed E-state index contributed by atoms with van der Waals surface area (Å²) in [4.78, 5) is 42.4. The van der Waals surface area contributed by atoms with Gasteiger partial charge in [-0.25, -0.2) is 9.78 Å². The quantitative estimate of drug-likeness (QED) is 0.0748. The third-order valence-electron chi connectivity index (χ3n) is 10.2. The van der Waals surface area contributed by atoms with Crippen LogP contribution in [0.15, 0.2) is 155 Å². The molecule has 12 heteroatoms. The number of para-hydroxylation sites is 1. The van der Waals surface area contributed by atoms with E-state index in [2.05, 4.69) is 38.6 Å². The van der Waals surface area contributed by atoms with Gasteiger partial charge >= 0.3 is 5.97 Å². The number of piperidine rings is 1. The maximum Gasteiger partial charge on any atom is 0.352 e. The van der Waals surface area contributed by atoms with Crippen molar-refractivity contribution in [3.05, 3.63) is 172 Å². The number of oxime groups is 1. The van der Waals surface area contributed by atoms with Crippen molar-refractivity contribution in [1.29, 1.82) is 0 Å². The normalized spacial score (nSPS) is 19.4. The number of thioether (sulfide) groups is 1. The number of allylic oxidation sites excluding steroid dienone is 1. The number of thiazole rings is 1. The molecule has 10 nitrogen and oxygen atoms in total. The molecule has 2 atom stereocenters. The minimum atomic E-state index is -1.22. The number of amides is 1. The van der Waals surface area contributed by atoms with Crippen molar-refractivity contribution >= 4 is 51.5 Å². The molecular weight excluding hydrogens is 729 g/mol. The van der Waals surface area contributed by atoms with Gasteiger partial charge in [-0.2, -0.15) is 0 Å². The Morgan fingerprint density at radius 2 is 1.51 bits per heavy atom. The molecule has 278 valence electrons. The van der Waals surface area contributed by atoms with Crippen LogP contribution in [-0.2, 0) is 20.0 Å². The number of aliphatic carboxylic acids is 1. The molecule has 4 N–H and O–H groups in total. The molecule has 0 spiro atoms. The van der Waals surface area contributed by atoms with Crippen LogP contribution < -0.4 is 16.0 Å². The Morgan fingerprint density at radius 1 is 0.909 bits per heavy atom. The smallest absolute Gasteiger partial charge is 0.352 e. The molecule has 2 saturated heterocycles. The number of aromatic nitrogens is 1. The Labute approximate surface area is 328 Å². The van der Waals surface area contributed by atoms with E-state index in [1.807, 2.05) is 114 Å². The number of nitrogens with two attached hydrogens (primary N) is 1. The predicted octanol–water partition coefficient (Wildman–Crippen LogP) is 6.88. The molecular formula is C43H40N6O4S2. The third kappa shape index (κ3) is 7.35. The number of carboxylic acids is 1. The molecule has 4 aromatic carbocycles. The number of hydrogen-bond acceptors (Lipinski definition) is 10. The van der Waals surface area contributed by atoms with Gasteiger partial charge < -0.3 is 30.8 Å². The first-order chi connectivity index (χ1) is 26.9. The first-order valence-electron chi connectivity index (χ1n) is 18.2. The van der Waals surface area contributed by atoms with E-state index in [1.165, 1.54) is 22.6 Å². The standard InChI is InChI=1S/C43H40N6O4S2/c44-42-46-36(28-55-42)37(47-53-43(31-15-5-1-6-16-31,32-17-7-2-8-18-32)33-19-9-3-10-20-33)39(50)45-35-26-49-38(41(51)52)30(27-54-40(35)49)24-29-14-13-23-48(25-29)34-21-11-4-12-22-34/h1-12,15-22,24,28,35,40H,13-14,23,25-27H2,(H2,44,46)(H,45,50)(H,51,52)/b29-24+,47-37-/t35-,40-/m1/s1. The molecule has 0 saturated carbocycles. The second kappa shape index (κ2) is 15.9. The summed E-state index contributed by atoms with van der Waals surface area (Å²) in [6.45, 7) is 2.06. The Kier molecular flexibility index (Phi) is 10.4. The van der Waals surface area contributed by atoms with Crippen LogP contribution in [0.4, 0.5) is 10.8 Å². The van der Waals surface area contributed by atoms with Crippen LogP contribution in [0.1, 0.15) is 35.2 Å². The van der Waals surface area contributed by atoms with Gasteiger partial charge in [-0.3, -0.25) is 4.79 Å². The fourth-order valence-electron chi connectivity index (χ4n) is 7.58. The highest BCUT2D eigenvalue weighted by atomic mass is 32.2. The Balaban J connectivity index is 1.07. The lowest BCUT2D eigenvalue weighted by Crippen LogP contribution is -2.67. The highest BCUT2D eigenvalue weighted by Crippen LogP contribution is 2.42. The average molecular weight is 769 g/mol. The Morgan fingerprint density at radius 3 is 2.07 bits per heavy atom. The molecule has 0 unspecified atom stereocenters. The number of nitrogens with one attached hydrogen (secondary N) is 1. The van der Waals surface area contributed by atoms with Crippen molar-refractivity contribution in [2.75, 3.05) is 36.0 Å². The summed E-state index contributed by atoms with van der Waals surface area (Å²) in [5.41, 5.74) is 11.0. The highest BCUT2D eigenvalue weighted by Gasteiger charge is 2.47. The van der Waals surface area contributed by atoms with Crippen LogP contribution in [0, 0.1) is 0 Å². The number of carbonyl (C=O) groups is 2. The maximum atomic E-state index is 14.3. The monoisotopic (exact) mass is 768 g/mol. The number of nitrogen functional groups attached to an aromatic ring is 1. The van der Waals surface area contributed by atoms with E-state index in [1.54, 1.807) is 17.1 Å². The number of anilines is 2. The van der Waals surface area contributed by atoms with E-state index in [0.29, 0.717) is 18.0 Å². The predicted molar refractivity (Wildman–Crippen MR) is 219 cm³/mol. The van der Waals surface area contributed by atoms with Crippen LogP contribution in [-0.4, -0.2) is 69.4 Å². The number of hydrogen-bond donors (Lipinski definition) is 3. The Bertz CT molecular complexity index is 2150. The molecule has 3 aliphatic rings. The van der Waals surface area contributed by atoms with Gasteiger partial charge in [0.2, 0.25) is 5.60 Å². The number of benzene rings is 4. The van der Waals surface area contributed by atoms with Crippen molar-refractivity contribution in [3.8, 4) is 0 Å². The maximum absolute atomic E-state index is 14.3. The van der Waals surface area contributed by atoms with Crippen LogP contribution in [0.5, 0.6) is 0 Å². The van der Waals surface area contributed by atoms with Crippen LogP contribution in [0.3, 0.4) is 0 Å². The SMILES string of the molecule is Nc1nc(/C(=N/OC(c2ccccc2)(c2ccccc2)c2ccccc2)C(=O)N[C@@H]2CN3C(C(=O)O)=C(/C=C4\CCCN(c5ccccc5)C4)CS[C@H]23)cs1. The molecule has 4 heterocycles. The molecule has 5 aromatic rings. The molecule has 0 aliphatic carbocycles. The van der Waals surface area contributed by atoms with Gasteiger partial charge in [-0.1, -0.05) is 126 Å². The Hall–Kier alpha value is -5.85. The number of nitrogens with zero attached hydrogens (tertiary/aromatic N) is 4. The van der Waals surface area contributed by atoms with Gasteiger partial charge in [-0.05, 0) is 30.5 Å². The van der Waals surface area contributed by atoms with Crippen molar-refractivity contribution in [2.45, 2.75) is 29.9 Å². The molecule has 1 aromatic heterocycles. The summed E-state index contributed by atoms with van der Waals surface area (Å²) in [7, 11) is 0. The summed E-state index contributed by atoms with van der Waals surface area (Å²) in [6, 6.07) is 39.3. The summed E-state index contributed by atoms with van der Waals surface area (Å²) < 4.78 is 0. The van der Waals surface area contributed by atoms with E-state index in [-0.39, 0.29) is 28.0 Å². The van der Waals surface area contributed by atoms with E-state index < -0.39 is 17.5 Å². The van der Waals surface area contributed by atoms with Crippen molar-refractivity contribution < 1.29 is 19.5 Å². The van der Waals surface area contributed by atoms with Crippen molar-refractivity contribution in [3.63, 3.8) is 0 Å². The van der Waals surface area contributed by atoms with Crippen molar-refractivity contribution in [1.82, 2.24) is 15.2 Å². The largest absolute Gasteiger partial charge is 0.477 e. The van der Waals surface area contributed by atoms with E-state index in [4.69, 9.17) is 10.6 Å². The summed E-state index contributed by atoms with van der Waals surface area (Å²) in [6.07, 6.45) is 4.02. The zero-order valence-corrected chi connectivity index (χ0v) is 31.6. The zero-order chi connectivity index (χ0) is 37.8. The summed E-state index contributed by atoms with van der Waals surface area (Å²) >= 11 is 2.83. The fraction of sp³-hybridized carbons (Fsp3) is 0.209. The number of rotatable bonds is 11. The second-order valence-corrected chi connectivity index (χ2v) is 15.7. The van der Waals surface area contributed by atoms with Crippen molar-refractivity contribution in [2.24, 2.45) is 5.16 Å². The molecule has 1 amide bonds. The van der Waals surface area contributed by atoms with Crippen LogP contribution in [0.25, 0.3) is 0 Å². The number of carboxylic acid groups (broad SMARTS) is 1. The molecule has 8 rings (SSSR count). The third-order valence-corrected chi connectivity index (χ3v) is 12.3. The minimum Gasteiger partial charge on any atom is -0.477 e. The second-order valence-electron chi connectivity index (χ2n) is 13.7. The molecule has 3 aliphatic heterocycles. The van der Waals surface area contributed by atoms with Gasteiger partial charge in [0.25, 0.3) is 5.91 Å². The number of fused-ring (bicyclic) bond motifs is 1. The number of carbonyl (C=O) groups excluding carboxylic acids is 1. The lowest BCUT2D eigenvalue weighted by molar-refractivity contribution is -0.135. The summed E-state index contributed by atoms with van der Waals surface area (Å²) in [5.74, 6) is -0.939. The van der Waals surface area contributed by atoms with Crippen LogP contribution in [0.2, 0.25) is 0 Å². The lowest BCUT2D eigenvalue weighted by atomic mass is 9.80. The van der Waals surface area contributed by atoms with Gasteiger partial charge in [0.1, 0.15) is 11.4 Å². The van der Waals surface area contributed by atoms with Gasteiger partial charge in [0.05, 0.1) is 11.4 Å². The molecule has 55 heavy (non-hydrogen) atoms. The van der Waals surface area contributed by atoms with E-state index in [9.17, 15) is 14.7 Å². The lowest BCUT2D eigenvalue weighted by Gasteiger charge is -2.51. The first-order valence-corrected chi connectivity index (χ1v) is 20.1. The minimum absolute atomic E-state index is 0.0286. The molecule has 0 bridgehead atoms. The molecule has 2 fully saturated rings. The summed E-state index contributed by atoms with van der Waals surface area (Å²) in [5, 5.41) is 19.9. The topological polar surface area (TPSA) is 133 Å². The average Bonchev–Trinajstić information content (AvgIpc) is 3.65. The van der Waals surface area contributed by atoms with Gasteiger partial charge in [-0.15, -0.1) is 23.1 Å². The zero-order valence-electron chi connectivity index (χ0n) is 30.0.